The van der Waals surface area contributed by atoms with Gasteiger partial charge in [-0.1, -0.05) is 11.6 Å². The molecule has 0 aromatic carbocycles. The SMILES string of the molecule is CCOC(=O)c1cc(Cn2ncc(C(F)(F)F)n2)nn1-c1ncccc1Cl. The van der Waals surface area contributed by atoms with Gasteiger partial charge in [0, 0.05) is 6.20 Å². The maximum atomic E-state index is 12.6. The van der Waals surface area contributed by atoms with Crippen molar-refractivity contribution in [3.63, 3.8) is 0 Å². The van der Waals surface area contributed by atoms with Crippen molar-refractivity contribution in [1.82, 2.24) is 29.8 Å². The number of carbonyl (C=O) groups excluding carboxylic acids is 1. The van der Waals surface area contributed by atoms with E-state index in [0.29, 0.717) is 6.20 Å². The molecule has 3 rings (SSSR count). The minimum atomic E-state index is -4.60. The fourth-order valence-corrected chi connectivity index (χ4v) is 2.40. The van der Waals surface area contributed by atoms with E-state index < -0.39 is 17.8 Å². The first kappa shape index (κ1) is 18.8. The van der Waals surface area contributed by atoms with Gasteiger partial charge in [0.2, 0.25) is 0 Å². The van der Waals surface area contributed by atoms with E-state index in [1.54, 1.807) is 19.1 Å². The Kier molecular flexibility index (Phi) is 5.13. The van der Waals surface area contributed by atoms with Crippen molar-refractivity contribution < 1.29 is 22.7 Å². The number of esters is 1. The summed E-state index contributed by atoms with van der Waals surface area (Å²) in [5, 5.41) is 11.4. The van der Waals surface area contributed by atoms with Crippen LogP contribution in [-0.2, 0) is 17.5 Å². The molecule has 0 bridgehead atoms. The maximum Gasteiger partial charge on any atom is 0.436 e. The van der Waals surface area contributed by atoms with Gasteiger partial charge in [-0.2, -0.15) is 28.2 Å². The number of aromatic nitrogens is 6. The molecule has 0 atom stereocenters. The lowest BCUT2D eigenvalue weighted by Crippen LogP contribution is -2.13. The van der Waals surface area contributed by atoms with E-state index in [4.69, 9.17) is 16.3 Å². The molecule has 0 spiro atoms. The molecule has 0 radical (unpaired) electrons. The Labute approximate surface area is 155 Å². The van der Waals surface area contributed by atoms with Gasteiger partial charge in [0.1, 0.15) is 6.54 Å². The van der Waals surface area contributed by atoms with Crippen LogP contribution in [0.4, 0.5) is 13.2 Å². The van der Waals surface area contributed by atoms with Gasteiger partial charge in [0.25, 0.3) is 0 Å². The number of ether oxygens (including phenoxy) is 1. The number of hydrogen-bond donors (Lipinski definition) is 0. The number of alkyl halides is 3. The summed E-state index contributed by atoms with van der Waals surface area (Å²) < 4.78 is 44.1. The molecule has 142 valence electrons. The highest BCUT2D eigenvalue weighted by Gasteiger charge is 2.34. The maximum absolute atomic E-state index is 12.6. The van der Waals surface area contributed by atoms with Crippen LogP contribution in [0.2, 0.25) is 5.02 Å². The molecule has 3 aromatic heterocycles. The van der Waals surface area contributed by atoms with Crippen LogP contribution in [0.5, 0.6) is 0 Å². The highest BCUT2D eigenvalue weighted by Crippen LogP contribution is 2.26. The molecule has 0 aliphatic rings. The van der Waals surface area contributed by atoms with Crippen LogP contribution >= 0.6 is 11.6 Å². The summed E-state index contributed by atoms with van der Waals surface area (Å²) in [5.74, 6) is -0.500. The Morgan fingerprint density at radius 3 is 2.74 bits per heavy atom. The van der Waals surface area contributed by atoms with Crippen LogP contribution in [0.15, 0.2) is 30.6 Å². The van der Waals surface area contributed by atoms with Crippen molar-refractivity contribution in [1.29, 1.82) is 0 Å². The molecule has 12 heteroatoms. The van der Waals surface area contributed by atoms with Crippen LogP contribution in [0, 0.1) is 0 Å². The summed E-state index contributed by atoms with van der Waals surface area (Å²) in [5.41, 5.74) is -0.875. The average molecular weight is 401 g/mol. The van der Waals surface area contributed by atoms with Crippen LogP contribution < -0.4 is 0 Å². The van der Waals surface area contributed by atoms with Crippen LogP contribution in [0.25, 0.3) is 5.82 Å². The number of nitrogens with zero attached hydrogens (tertiary/aromatic N) is 6. The summed E-state index contributed by atoms with van der Waals surface area (Å²) in [6.07, 6.45) is -2.53. The van der Waals surface area contributed by atoms with E-state index in [9.17, 15) is 18.0 Å². The minimum Gasteiger partial charge on any atom is -0.461 e. The second-order valence-corrected chi connectivity index (χ2v) is 5.63. The third-order valence-corrected chi connectivity index (χ3v) is 3.61. The van der Waals surface area contributed by atoms with Crippen molar-refractivity contribution in [3.05, 3.63) is 52.7 Å². The lowest BCUT2D eigenvalue weighted by atomic mass is 10.3. The van der Waals surface area contributed by atoms with Gasteiger partial charge in [-0.15, -0.1) is 5.10 Å². The smallest absolute Gasteiger partial charge is 0.436 e. The Balaban J connectivity index is 1.97. The molecular formula is C15H12ClF3N6O2. The fourth-order valence-electron chi connectivity index (χ4n) is 2.20. The summed E-state index contributed by atoms with van der Waals surface area (Å²) in [6.45, 7) is 1.57. The molecular weight excluding hydrogens is 389 g/mol. The Hall–Kier alpha value is -2.95. The number of halogens is 4. The average Bonchev–Trinajstić information content (AvgIpc) is 3.23. The normalized spacial score (nSPS) is 11.6. The monoisotopic (exact) mass is 400 g/mol. The first-order chi connectivity index (χ1) is 12.8. The molecule has 0 saturated carbocycles. The van der Waals surface area contributed by atoms with Crippen molar-refractivity contribution in [2.24, 2.45) is 0 Å². The molecule has 0 N–H and O–H groups in total. The quantitative estimate of drug-likeness (QED) is 0.612. The van der Waals surface area contributed by atoms with Crippen LogP contribution in [0.1, 0.15) is 28.8 Å². The molecule has 3 aromatic rings. The van der Waals surface area contributed by atoms with Gasteiger partial charge in [0.05, 0.1) is 23.5 Å². The summed E-state index contributed by atoms with van der Waals surface area (Å²) in [4.78, 5) is 17.1. The van der Waals surface area contributed by atoms with Gasteiger partial charge in [0.15, 0.2) is 17.2 Å². The summed E-state index contributed by atoms with van der Waals surface area (Å²) in [6, 6.07) is 4.52. The van der Waals surface area contributed by atoms with Gasteiger partial charge >= 0.3 is 12.1 Å². The topological polar surface area (TPSA) is 87.7 Å². The lowest BCUT2D eigenvalue weighted by Gasteiger charge is -2.07. The standard InChI is InChI=1S/C15H12ClF3N6O2/c1-2-27-14(26)11-6-9(8-24-21-7-12(23-24)15(17,18)19)22-25(11)13-10(16)4-3-5-20-13/h3-7H,2,8H2,1H3. The Bertz CT molecular complexity index is 969. The van der Waals surface area contributed by atoms with Gasteiger partial charge in [-0.3, -0.25) is 0 Å². The molecule has 0 aliphatic heterocycles. The van der Waals surface area contributed by atoms with E-state index >= 15 is 0 Å². The number of pyridine rings is 1. The zero-order valence-corrected chi connectivity index (χ0v) is 14.6. The van der Waals surface area contributed by atoms with Crippen molar-refractivity contribution in [3.8, 4) is 5.82 Å². The number of carbonyl (C=O) groups is 1. The largest absolute Gasteiger partial charge is 0.461 e. The van der Waals surface area contributed by atoms with Crippen LogP contribution in [0.3, 0.4) is 0 Å². The van der Waals surface area contributed by atoms with E-state index in [2.05, 4.69) is 20.3 Å². The molecule has 3 heterocycles. The van der Waals surface area contributed by atoms with Crippen molar-refractivity contribution in [2.45, 2.75) is 19.6 Å². The third-order valence-electron chi connectivity index (χ3n) is 3.31. The second-order valence-electron chi connectivity index (χ2n) is 5.22. The first-order valence-corrected chi connectivity index (χ1v) is 8.01. The Morgan fingerprint density at radius 1 is 1.33 bits per heavy atom. The zero-order chi connectivity index (χ0) is 19.6. The first-order valence-electron chi connectivity index (χ1n) is 7.64. The highest BCUT2D eigenvalue weighted by molar-refractivity contribution is 6.32. The third kappa shape index (κ3) is 4.08. The molecule has 0 unspecified atom stereocenters. The van der Waals surface area contributed by atoms with Gasteiger partial charge in [-0.25, -0.2) is 14.5 Å². The predicted molar refractivity (Wildman–Crippen MR) is 86.5 cm³/mol. The van der Waals surface area contributed by atoms with E-state index in [1.807, 2.05) is 0 Å². The van der Waals surface area contributed by atoms with Crippen LogP contribution in [-0.4, -0.2) is 42.3 Å². The van der Waals surface area contributed by atoms with E-state index in [-0.39, 0.29) is 35.4 Å². The molecule has 0 aliphatic carbocycles. The summed E-state index contributed by atoms with van der Waals surface area (Å²) in [7, 11) is 0. The molecule has 0 fully saturated rings. The molecule has 8 nitrogen and oxygen atoms in total. The fraction of sp³-hybridized carbons (Fsp3) is 0.267. The lowest BCUT2D eigenvalue weighted by molar-refractivity contribution is -0.141. The second kappa shape index (κ2) is 7.35. The molecule has 27 heavy (non-hydrogen) atoms. The zero-order valence-electron chi connectivity index (χ0n) is 13.8. The minimum absolute atomic E-state index is 0.0238. The number of rotatable bonds is 5. The van der Waals surface area contributed by atoms with E-state index in [1.165, 1.54) is 16.9 Å². The van der Waals surface area contributed by atoms with Gasteiger partial charge in [-0.05, 0) is 25.1 Å². The van der Waals surface area contributed by atoms with E-state index in [0.717, 1.165) is 4.80 Å². The summed E-state index contributed by atoms with van der Waals surface area (Å²) >= 11 is 6.11. The van der Waals surface area contributed by atoms with Crippen molar-refractivity contribution in [2.75, 3.05) is 6.61 Å². The number of hydrogen-bond acceptors (Lipinski definition) is 6. The molecule has 0 amide bonds. The van der Waals surface area contributed by atoms with Gasteiger partial charge < -0.3 is 4.74 Å². The molecule has 0 saturated heterocycles. The van der Waals surface area contributed by atoms with Crippen molar-refractivity contribution >= 4 is 17.6 Å². The Morgan fingerprint density at radius 2 is 2.11 bits per heavy atom. The highest BCUT2D eigenvalue weighted by atomic mass is 35.5. The predicted octanol–water partition coefficient (Wildman–Crippen LogP) is 2.76.